The van der Waals surface area contributed by atoms with Gasteiger partial charge < -0.3 is 4.90 Å². The van der Waals surface area contributed by atoms with E-state index in [-0.39, 0.29) is 23.1 Å². The van der Waals surface area contributed by atoms with Crippen LogP contribution in [-0.4, -0.2) is 83.6 Å². The molecule has 0 bridgehead atoms. The highest BCUT2D eigenvalue weighted by molar-refractivity contribution is 7.90. The van der Waals surface area contributed by atoms with Crippen LogP contribution in [0.3, 0.4) is 0 Å². The number of fused-ring (bicyclic) bond motifs is 1. The number of aromatic nitrogens is 3. The molecule has 0 radical (unpaired) electrons. The lowest BCUT2D eigenvalue weighted by atomic mass is 10.0. The van der Waals surface area contributed by atoms with Crippen LogP contribution in [0.25, 0.3) is 11.0 Å². The Labute approximate surface area is 185 Å². The van der Waals surface area contributed by atoms with Gasteiger partial charge in [0.15, 0.2) is 5.65 Å². The molecule has 3 rings (SSSR count). The van der Waals surface area contributed by atoms with Crippen LogP contribution in [0.5, 0.6) is 0 Å². The van der Waals surface area contributed by atoms with Crippen molar-refractivity contribution in [3.63, 3.8) is 0 Å². The summed E-state index contributed by atoms with van der Waals surface area (Å²) in [5.74, 6) is 0.329. The highest BCUT2D eigenvalue weighted by Gasteiger charge is 2.29. The van der Waals surface area contributed by atoms with E-state index in [1.807, 2.05) is 22.6 Å². The monoisotopic (exact) mass is 449 g/mol. The SMILES string of the molecule is Cc1nn(C(C)(C)C)c2nc(C(C)C)cc(C(=O)N3CCN(CCS(C)(=O)=O)CC3)c12. The fraction of sp³-hybridized carbons (Fsp3) is 0.682. The molecule has 1 saturated heterocycles. The van der Waals surface area contributed by atoms with Crippen LogP contribution in [-0.2, 0) is 15.4 Å². The van der Waals surface area contributed by atoms with Gasteiger partial charge in [-0.2, -0.15) is 5.10 Å². The summed E-state index contributed by atoms with van der Waals surface area (Å²) >= 11 is 0. The maximum absolute atomic E-state index is 13.6. The van der Waals surface area contributed by atoms with Gasteiger partial charge in [0.1, 0.15) is 9.84 Å². The molecule has 8 nitrogen and oxygen atoms in total. The molecule has 0 N–H and O–H groups in total. The normalized spacial score (nSPS) is 16.5. The first kappa shape index (κ1) is 23.7. The van der Waals surface area contributed by atoms with E-state index >= 15 is 0 Å². The van der Waals surface area contributed by atoms with E-state index in [0.29, 0.717) is 38.3 Å². The molecule has 0 saturated carbocycles. The number of aryl methyl sites for hydroxylation is 1. The molecule has 0 aromatic carbocycles. The van der Waals surface area contributed by atoms with Gasteiger partial charge in [0.05, 0.1) is 27.9 Å². The average Bonchev–Trinajstić information content (AvgIpc) is 3.02. The molecule has 9 heteroatoms. The van der Waals surface area contributed by atoms with Crippen molar-refractivity contribution in [1.29, 1.82) is 0 Å². The van der Waals surface area contributed by atoms with Crippen molar-refractivity contribution in [2.45, 2.75) is 53.0 Å². The van der Waals surface area contributed by atoms with E-state index in [1.165, 1.54) is 6.26 Å². The number of pyridine rings is 1. The second-order valence-electron chi connectivity index (χ2n) is 9.88. The van der Waals surface area contributed by atoms with Gasteiger partial charge >= 0.3 is 0 Å². The molecular formula is C22H35N5O3S. The summed E-state index contributed by atoms with van der Waals surface area (Å²) in [6, 6.07) is 1.92. The van der Waals surface area contributed by atoms with Crippen LogP contribution >= 0.6 is 0 Å². The van der Waals surface area contributed by atoms with Crippen molar-refractivity contribution in [2.75, 3.05) is 44.7 Å². The Kier molecular flexibility index (Phi) is 6.49. The second kappa shape index (κ2) is 8.50. The van der Waals surface area contributed by atoms with Gasteiger partial charge in [-0.3, -0.25) is 9.69 Å². The predicted molar refractivity (Wildman–Crippen MR) is 123 cm³/mol. The Hall–Kier alpha value is -2.00. The molecule has 0 unspecified atom stereocenters. The highest BCUT2D eigenvalue weighted by Crippen LogP contribution is 2.29. The van der Waals surface area contributed by atoms with Crippen molar-refractivity contribution in [2.24, 2.45) is 0 Å². The summed E-state index contributed by atoms with van der Waals surface area (Å²) < 4.78 is 24.8. The molecule has 2 aromatic rings. The molecule has 1 aliphatic rings. The molecule has 172 valence electrons. The van der Waals surface area contributed by atoms with E-state index in [2.05, 4.69) is 39.5 Å². The summed E-state index contributed by atoms with van der Waals surface area (Å²) in [5.41, 5.74) is 2.86. The van der Waals surface area contributed by atoms with Crippen LogP contribution in [0.4, 0.5) is 0 Å². The largest absolute Gasteiger partial charge is 0.336 e. The standard InChI is InChI=1S/C22H35N5O3S/c1-15(2)18-14-17(19-16(3)24-27(20(19)23-18)22(4,5)6)21(28)26-10-8-25(9-11-26)12-13-31(7,29)30/h14-15H,8-13H2,1-7H3. The third kappa shape index (κ3) is 5.26. The van der Waals surface area contributed by atoms with Crippen LogP contribution in [0.15, 0.2) is 6.07 Å². The van der Waals surface area contributed by atoms with E-state index in [0.717, 1.165) is 22.4 Å². The lowest BCUT2D eigenvalue weighted by molar-refractivity contribution is 0.0645. The molecule has 31 heavy (non-hydrogen) atoms. The van der Waals surface area contributed by atoms with E-state index in [9.17, 15) is 13.2 Å². The molecule has 2 aromatic heterocycles. The van der Waals surface area contributed by atoms with Crippen molar-refractivity contribution in [3.8, 4) is 0 Å². The van der Waals surface area contributed by atoms with Crippen molar-refractivity contribution < 1.29 is 13.2 Å². The van der Waals surface area contributed by atoms with Crippen molar-refractivity contribution in [1.82, 2.24) is 24.6 Å². The molecule has 0 atom stereocenters. The molecule has 1 amide bonds. The maximum Gasteiger partial charge on any atom is 0.254 e. The fourth-order valence-corrected chi connectivity index (χ4v) is 4.47. The number of hydrogen-bond donors (Lipinski definition) is 0. The highest BCUT2D eigenvalue weighted by atomic mass is 32.2. The first-order chi connectivity index (χ1) is 14.3. The molecule has 1 aliphatic heterocycles. The Balaban J connectivity index is 1.92. The molecule has 0 spiro atoms. The minimum atomic E-state index is -2.99. The molecule has 1 fully saturated rings. The summed E-state index contributed by atoms with van der Waals surface area (Å²) in [7, 11) is -2.99. The van der Waals surface area contributed by atoms with Gasteiger partial charge in [0.2, 0.25) is 0 Å². The van der Waals surface area contributed by atoms with Gasteiger partial charge in [-0.05, 0) is 39.7 Å². The summed E-state index contributed by atoms with van der Waals surface area (Å²) in [6.07, 6.45) is 1.26. The average molecular weight is 450 g/mol. The zero-order valence-corrected chi connectivity index (χ0v) is 20.6. The first-order valence-corrected chi connectivity index (χ1v) is 12.9. The predicted octanol–water partition coefficient (Wildman–Crippen LogP) is 2.42. The van der Waals surface area contributed by atoms with Crippen LogP contribution in [0.1, 0.15) is 62.3 Å². The minimum Gasteiger partial charge on any atom is -0.336 e. The Morgan fingerprint density at radius 1 is 1.16 bits per heavy atom. The maximum atomic E-state index is 13.6. The van der Waals surface area contributed by atoms with Gasteiger partial charge in [-0.1, -0.05) is 13.8 Å². The Bertz CT molecular complexity index is 1070. The van der Waals surface area contributed by atoms with E-state index in [1.54, 1.807) is 0 Å². The van der Waals surface area contributed by atoms with Crippen molar-refractivity contribution >= 4 is 26.8 Å². The number of piperazine rings is 1. The van der Waals surface area contributed by atoms with Gasteiger partial charge in [0, 0.05) is 44.7 Å². The zero-order chi connectivity index (χ0) is 23.1. The summed E-state index contributed by atoms with van der Waals surface area (Å²) in [5, 5.41) is 5.55. The van der Waals surface area contributed by atoms with Gasteiger partial charge in [-0.15, -0.1) is 0 Å². The number of nitrogens with zero attached hydrogens (tertiary/aromatic N) is 5. The third-order valence-electron chi connectivity index (χ3n) is 5.73. The number of hydrogen-bond acceptors (Lipinski definition) is 6. The molecule has 3 heterocycles. The van der Waals surface area contributed by atoms with E-state index in [4.69, 9.17) is 10.1 Å². The minimum absolute atomic E-state index is 0.00591. The van der Waals surface area contributed by atoms with Crippen molar-refractivity contribution in [3.05, 3.63) is 23.0 Å². The topological polar surface area (TPSA) is 88.4 Å². The number of sulfone groups is 1. The Morgan fingerprint density at radius 3 is 2.29 bits per heavy atom. The molecular weight excluding hydrogens is 414 g/mol. The summed E-state index contributed by atoms with van der Waals surface area (Å²) in [4.78, 5) is 22.4. The fourth-order valence-electron chi connectivity index (χ4n) is 3.88. The second-order valence-corrected chi connectivity index (χ2v) is 12.1. The summed E-state index contributed by atoms with van der Waals surface area (Å²) in [6.45, 7) is 15.3. The third-order valence-corrected chi connectivity index (χ3v) is 6.65. The zero-order valence-electron chi connectivity index (χ0n) is 19.8. The number of carbonyl (C=O) groups excluding carboxylic acids is 1. The van der Waals surface area contributed by atoms with Crippen LogP contribution in [0.2, 0.25) is 0 Å². The quantitative estimate of drug-likeness (QED) is 0.697. The molecule has 0 aliphatic carbocycles. The lowest BCUT2D eigenvalue weighted by Gasteiger charge is -2.34. The smallest absolute Gasteiger partial charge is 0.254 e. The van der Waals surface area contributed by atoms with Gasteiger partial charge in [-0.25, -0.2) is 18.1 Å². The number of carbonyl (C=O) groups is 1. The number of amides is 1. The lowest BCUT2D eigenvalue weighted by Crippen LogP contribution is -2.49. The van der Waals surface area contributed by atoms with Crippen LogP contribution < -0.4 is 0 Å². The Morgan fingerprint density at radius 2 is 1.77 bits per heavy atom. The number of rotatable bonds is 5. The van der Waals surface area contributed by atoms with Gasteiger partial charge in [0.25, 0.3) is 5.91 Å². The first-order valence-electron chi connectivity index (χ1n) is 10.9. The van der Waals surface area contributed by atoms with E-state index < -0.39 is 9.84 Å². The van der Waals surface area contributed by atoms with Crippen LogP contribution in [0, 0.1) is 6.92 Å².